The van der Waals surface area contributed by atoms with Gasteiger partial charge in [0.15, 0.2) is 0 Å². The Kier molecular flexibility index (Phi) is 4.24. The number of hydrogen-bond acceptors (Lipinski definition) is 3. The van der Waals surface area contributed by atoms with E-state index in [0.29, 0.717) is 10.6 Å². The van der Waals surface area contributed by atoms with E-state index in [1.807, 2.05) is 0 Å². The van der Waals surface area contributed by atoms with Crippen LogP contribution in [0, 0.1) is 0 Å². The molecule has 98 valence electrons. The highest BCUT2D eigenvalue weighted by Gasteiger charge is 2.11. The van der Waals surface area contributed by atoms with Crippen LogP contribution < -0.4 is 11.1 Å². The number of benzene rings is 1. The van der Waals surface area contributed by atoms with Gasteiger partial charge in [-0.25, -0.2) is 0 Å². The highest BCUT2D eigenvalue weighted by Crippen LogP contribution is 2.24. The minimum absolute atomic E-state index is 0.206. The van der Waals surface area contributed by atoms with Crippen LogP contribution in [0.15, 0.2) is 34.1 Å². The van der Waals surface area contributed by atoms with Crippen molar-refractivity contribution in [2.45, 2.75) is 0 Å². The lowest BCUT2D eigenvalue weighted by atomic mass is 10.2. The van der Waals surface area contributed by atoms with E-state index >= 15 is 0 Å². The van der Waals surface area contributed by atoms with Crippen LogP contribution >= 0.6 is 38.9 Å². The highest BCUT2D eigenvalue weighted by atomic mass is 79.9. The molecule has 0 spiro atoms. The van der Waals surface area contributed by atoms with Gasteiger partial charge in [-0.1, -0.05) is 11.6 Å². The Hall–Kier alpha value is -1.37. The van der Waals surface area contributed by atoms with Gasteiger partial charge in [0.1, 0.15) is 0 Å². The lowest BCUT2D eigenvalue weighted by Gasteiger charge is -2.06. The molecule has 0 unspecified atom stereocenters. The Morgan fingerprint density at radius 2 is 2.00 bits per heavy atom. The third-order valence-corrected chi connectivity index (χ3v) is 4.22. The summed E-state index contributed by atoms with van der Waals surface area (Å²) < 4.78 is 0.875. The zero-order valence-electron chi connectivity index (χ0n) is 9.44. The van der Waals surface area contributed by atoms with Gasteiger partial charge in [0, 0.05) is 5.69 Å². The van der Waals surface area contributed by atoms with E-state index in [1.54, 1.807) is 18.2 Å². The molecule has 0 atom stereocenters. The Bertz CT molecular complexity index is 657. The van der Waals surface area contributed by atoms with Gasteiger partial charge >= 0.3 is 0 Å². The Labute approximate surface area is 126 Å². The van der Waals surface area contributed by atoms with Crippen LogP contribution in [-0.2, 0) is 0 Å². The molecule has 0 bridgehead atoms. The molecule has 0 fully saturated rings. The molecule has 1 heterocycles. The molecule has 1 aromatic carbocycles. The summed E-state index contributed by atoms with van der Waals surface area (Å²) in [7, 11) is 0. The van der Waals surface area contributed by atoms with Crippen molar-refractivity contribution in [2.75, 3.05) is 5.32 Å². The molecule has 7 heteroatoms. The zero-order valence-corrected chi connectivity index (χ0v) is 12.6. The normalized spacial score (nSPS) is 10.2. The summed E-state index contributed by atoms with van der Waals surface area (Å²) in [6, 6.07) is 8.05. The van der Waals surface area contributed by atoms with E-state index < -0.39 is 5.91 Å². The van der Waals surface area contributed by atoms with Crippen LogP contribution in [0.5, 0.6) is 0 Å². The quantitative estimate of drug-likeness (QED) is 0.880. The fraction of sp³-hybridized carbons (Fsp3) is 0. The topological polar surface area (TPSA) is 72.2 Å². The van der Waals surface area contributed by atoms with Gasteiger partial charge in [0.05, 0.1) is 19.2 Å². The number of hydrogen-bond donors (Lipinski definition) is 2. The van der Waals surface area contributed by atoms with E-state index in [9.17, 15) is 9.59 Å². The summed E-state index contributed by atoms with van der Waals surface area (Å²) in [4.78, 5) is 23.5. The number of nitrogens with two attached hydrogens (primary N) is 1. The maximum absolute atomic E-state index is 11.9. The molecule has 4 nitrogen and oxygen atoms in total. The molecule has 2 amide bonds. The standard InChI is InChI=1S/C12H8BrClN2O2S/c13-10-4-3-9(19-10)12(18)16-6-1-2-7(11(15)17)8(14)5-6/h1-5H,(H2,15,17)(H,16,18). The average Bonchev–Trinajstić information content (AvgIpc) is 2.75. The number of amides is 2. The van der Waals surface area contributed by atoms with Gasteiger partial charge < -0.3 is 11.1 Å². The minimum atomic E-state index is -0.606. The third kappa shape index (κ3) is 3.34. The number of carbonyl (C=O) groups is 2. The summed E-state index contributed by atoms with van der Waals surface area (Å²) in [6.07, 6.45) is 0. The van der Waals surface area contributed by atoms with E-state index in [1.165, 1.54) is 23.5 Å². The van der Waals surface area contributed by atoms with Crippen LogP contribution in [0.2, 0.25) is 5.02 Å². The van der Waals surface area contributed by atoms with E-state index in [2.05, 4.69) is 21.2 Å². The van der Waals surface area contributed by atoms with Crippen molar-refractivity contribution in [1.82, 2.24) is 0 Å². The van der Waals surface area contributed by atoms with Gasteiger partial charge in [0.25, 0.3) is 5.91 Å². The number of rotatable bonds is 3. The van der Waals surface area contributed by atoms with Gasteiger partial charge in [0.2, 0.25) is 5.91 Å². The molecule has 0 aliphatic heterocycles. The van der Waals surface area contributed by atoms with Crippen molar-refractivity contribution in [3.63, 3.8) is 0 Å². The molecule has 0 radical (unpaired) electrons. The third-order valence-electron chi connectivity index (χ3n) is 2.29. The first-order chi connectivity index (χ1) is 8.97. The van der Waals surface area contributed by atoms with Crippen molar-refractivity contribution in [3.8, 4) is 0 Å². The van der Waals surface area contributed by atoms with Crippen LogP contribution in [0.4, 0.5) is 5.69 Å². The highest BCUT2D eigenvalue weighted by molar-refractivity contribution is 9.11. The Morgan fingerprint density at radius 3 is 2.53 bits per heavy atom. The van der Waals surface area contributed by atoms with Crippen molar-refractivity contribution >= 4 is 56.4 Å². The van der Waals surface area contributed by atoms with Crippen molar-refractivity contribution in [1.29, 1.82) is 0 Å². The minimum Gasteiger partial charge on any atom is -0.366 e. The molecule has 2 aromatic rings. The van der Waals surface area contributed by atoms with Crippen molar-refractivity contribution < 1.29 is 9.59 Å². The number of anilines is 1. The van der Waals surface area contributed by atoms with Crippen molar-refractivity contribution in [2.24, 2.45) is 5.73 Å². The van der Waals surface area contributed by atoms with Gasteiger partial charge in [-0.2, -0.15) is 0 Å². The molecule has 19 heavy (non-hydrogen) atoms. The second kappa shape index (κ2) is 5.73. The van der Waals surface area contributed by atoms with Gasteiger partial charge in [-0.05, 0) is 46.3 Å². The molecule has 0 aliphatic carbocycles. The molecule has 0 saturated heterocycles. The second-order valence-corrected chi connectivity index (χ2v) is 6.49. The SMILES string of the molecule is NC(=O)c1ccc(NC(=O)c2ccc(Br)s2)cc1Cl. The largest absolute Gasteiger partial charge is 0.366 e. The molecular weight excluding hydrogens is 352 g/mol. The summed E-state index contributed by atoms with van der Waals surface area (Å²) in [5.41, 5.74) is 5.87. The first kappa shape index (κ1) is 14.0. The van der Waals surface area contributed by atoms with E-state index in [0.717, 1.165) is 3.79 Å². The smallest absolute Gasteiger partial charge is 0.265 e. The first-order valence-corrected chi connectivity index (χ1v) is 7.12. The fourth-order valence-corrected chi connectivity index (χ4v) is 2.98. The average molecular weight is 360 g/mol. The van der Waals surface area contributed by atoms with Crippen LogP contribution in [0.25, 0.3) is 0 Å². The monoisotopic (exact) mass is 358 g/mol. The Morgan fingerprint density at radius 1 is 1.26 bits per heavy atom. The van der Waals surface area contributed by atoms with Gasteiger partial charge in [-0.15, -0.1) is 11.3 Å². The van der Waals surface area contributed by atoms with E-state index in [4.69, 9.17) is 17.3 Å². The number of carbonyl (C=O) groups excluding carboxylic acids is 2. The van der Waals surface area contributed by atoms with Crippen LogP contribution in [-0.4, -0.2) is 11.8 Å². The maximum atomic E-state index is 11.9. The number of thiophene rings is 1. The molecule has 0 aliphatic rings. The lowest BCUT2D eigenvalue weighted by Crippen LogP contribution is -2.13. The molecule has 1 aromatic heterocycles. The number of nitrogens with one attached hydrogen (secondary N) is 1. The van der Waals surface area contributed by atoms with E-state index in [-0.39, 0.29) is 16.5 Å². The zero-order chi connectivity index (χ0) is 14.0. The predicted octanol–water partition coefficient (Wildman–Crippen LogP) is 3.52. The fourth-order valence-electron chi connectivity index (χ4n) is 1.42. The summed E-state index contributed by atoms with van der Waals surface area (Å²) in [5.74, 6) is -0.844. The number of halogens is 2. The molecule has 2 rings (SSSR count). The summed E-state index contributed by atoms with van der Waals surface area (Å²) >= 11 is 10.5. The lowest BCUT2D eigenvalue weighted by molar-refractivity contribution is 0.0998. The summed E-state index contributed by atoms with van der Waals surface area (Å²) in [6.45, 7) is 0. The maximum Gasteiger partial charge on any atom is 0.265 e. The number of primary amides is 1. The second-order valence-electron chi connectivity index (χ2n) is 3.62. The molecule has 3 N–H and O–H groups in total. The molecule has 0 saturated carbocycles. The predicted molar refractivity (Wildman–Crippen MR) is 79.9 cm³/mol. The summed E-state index contributed by atoms with van der Waals surface area (Å²) in [5, 5.41) is 2.90. The van der Waals surface area contributed by atoms with Crippen molar-refractivity contribution in [3.05, 3.63) is 49.6 Å². The molecular formula is C12H8BrClN2O2S. The van der Waals surface area contributed by atoms with Crippen LogP contribution in [0.3, 0.4) is 0 Å². The Balaban J connectivity index is 2.18. The first-order valence-electron chi connectivity index (χ1n) is 5.13. The van der Waals surface area contributed by atoms with Crippen LogP contribution in [0.1, 0.15) is 20.0 Å². The van der Waals surface area contributed by atoms with Gasteiger partial charge in [-0.3, -0.25) is 9.59 Å².